The van der Waals surface area contributed by atoms with Gasteiger partial charge in [-0.05, 0) is 49.1 Å². The highest BCUT2D eigenvalue weighted by molar-refractivity contribution is 6.30. The summed E-state index contributed by atoms with van der Waals surface area (Å²) in [5.74, 6) is 0.912. The minimum absolute atomic E-state index is 0.0493. The standard InChI is InChI=1S/C26H29ClN4O3/c1-2-22(18-6-4-3-5-7-18)26(33)31-16-14-21(15-17-31)28-23(32)12-13-24-29-25(30-34-24)19-8-10-20(27)11-9-19/h3-11,21-22H,2,12-17H2,1H3,(H,28,32). The van der Waals surface area contributed by atoms with Gasteiger partial charge in [0.15, 0.2) is 0 Å². The van der Waals surface area contributed by atoms with Crippen LogP contribution < -0.4 is 5.32 Å². The lowest BCUT2D eigenvalue weighted by atomic mass is 9.93. The molecule has 2 heterocycles. The third-order valence-corrected chi connectivity index (χ3v) is 6.47. The van der Waals surface area contributed by atoms with Gasteiger partial charge in [-0.3, -0.25) is 9.59 Å². The molecule has 1 unspecified atom stereocenters. The van der Waals surface area contributed by atoms with Crippen molar-refractivity contribution in [2.45, 2.75) is 51.0 Å². The number of carbonyl (C=O) groups excluding carboxylic acids is 2. The molecular formula is C26H29ClN4O3. The molecule has 1 N–H and O–H groups in total. The van der Waals surface area contributed by atoms with E-state index < -0.39 is 0 Å². The topological polar surface area (TPSA) is 88.3 Å². The predicted molar refractivity (Wildman–Crippen MR) is 130 cm³/mol. The van der Waals surface area contributed by atoms with Crippen LogP contribution in [0.4, 0.5) is 0 Å². The number of carbonyl (C=O) groups is 2. The summed E-state index contributed by atoms with van der Waals surface area (Å²) in [5.41, 5.74) is 1.87. The van der Waals surface area contributed by atoms with Gasteiger partial charge in [-0.1, -0.05) is 54.0 Å². The van der Waals surface area contributed by atoms with E-state index in [2.05, 4.69) is 15.5 Å². The fourth-order valence-electron chi connectivity index (χ4n) is 4.30. The van der Waals surface area contributed by atoms with Gasteiger partial charge in [-0.25, -0.2) is 0 Å². The number of benzene rings is 2. The number of amides is 2. The van der Waals surface area contributed by atoms with Gasteiger partial charge in [0.25, 0.3) is 0 Å². The minimum atomic E-state index is -0.112. The lowest BCUT2D eigenvalue weighted by Crippen LogP contribution is -2.47. The fraction of sp³-hybridized carbons (Fsp3) is 0.385. The van der Waals surface area contributed by atoms with E-state index in [1.54, 1.807) is 12.1 Å². The molecule has 2 amide bonds. The van der Waals surface area contributed by atoms with Gasteiger partial charge in [0.2, 0.25) is 23.5 Å². The van der Waals surface area contributed by atoms with Crippen LogP contribution in [0.1, 0.15) is 50.0 Å². The maximum absolute atomic E-state index is 13.0. The zero-order chi connectivity index (χ0) is 23.9. The van der Waals surface area contributed by atoms with E-state index in [0.29, 0.717) is 36.2 Å². The summed E-state index contributed by atoms with van der Waals surface area (Å²) in [5, 5.41) is 7.71. The molecule has 0 aliphatic carbocycles. The average molecular weight is 481 g/mol. The second-order valence-corrected chi connectivity index (χ2v) is 8.99. The molecule has 1 atom stereocenters. The van der Waals surface area contributed by atoms with Crippen LogP contribution in [0.5, 0.6) is 0 Å². The van der Waals surface area contributed by atoms with Crippen molar-refractivity contribution in [3.8, 4) is 11.4 Å². The number of hydrogen-bond acceptors (Lipinski definition) is 5. The highest BCUT2D eigenvalue weighted by Crippen LogP contribution is 2.24. The first kappa shape index (κ1) is 24.0. The van der Waals surface area contributed by atoms with Crippen molar-refractivity contribution in [3.05, 3.63) is 71.1 Å². The first-order valence-corrected chi connectivity index (χ1v) is 12.1. The Bertz CT molecular complexity index is 1090. The van der Waals surface area contributed by atoms with Crippen LogP contribution in [0, 0.1) is 0 Å². The molecule has 1 aliphatic heterocycles. The maximum atomic E-state index is 13.0. The number of rotatable bonds is 8. The quantitative estimate of drug-likeness (QED) is 0.508. The van der Waals surface area contributed by atoms with Crippen LogP contribution in [0.25, 0.3) is 11.4 Å². The molecule has 34 heavy (non-hydrogen) atoms. The lowest BCUT2D eigenvalue weighted by molar-refractivity contribution is -0.134. The Kier molecular flexibility index (Phi) is 7.95. The first-order valence-electron chi connectivity index (χ1n) is 11.7. The SMILES string of the molecule is CCC(C(=O)N1CCC(NC(=O)CCc2nc(-c3ccc(Cl)cc3)no2)CC1)c1ccccc1. The van der Waals surface area contributed by atoms with Crippen LogP contribution in [-0.4, -0.2) is 46.0 Å². The Morgan fingerprint density at radius 3 is 2.50 bits per heavy atom. The number of piperidine rings is 1. The molecule has 1 saturated heterocycles. The number of nitrogens with one attached hydrogen (secondary N) is 1. The maximum Gasteiger partial charge on any atom is 0.230 e. The first-order chi connectivity index (χ1) is 16.5. The van der Waals surface area contributed by atoms with Gasteiger partial charge in [-0.2, -0.15) is 4.98 Å². The summed E-state index contributed by atoms with van der Waals surface area (Å²) in [6, 6.07) is 17.2. The van der Waals surface area contributed by atoms with Gasteiger partial charge in [-0.15, -0.1) is 0 Å². The molecule has 178 valence electrons. The normalized spacial score (nSPS) is 15.2. The zero-order valence-electron chi connectivity index (χ0n) is 19.2. The van der Waals surface area contributed by atoms with E-state index in [9.17, 15) is 9.59 Å². The Labute approximate surface area is 204 Å². The van der Waals surface area contributed by atoms with Crippen molar-refractivity contribution in [1.29, 1.82) is 0 Å². The Balaban J connectivity index is 1.22. The molecule has 1 aromatic heterocycles. The molecule has 1 fully saturated rings. The summed E-state index contributed by atoms with van der Waals surface area (Å²) in [7, 11) is 0. The summed E-state index contributed by atoms with van der Waals surface area (Å²) in [6.45, 7) is 3.35. The Hall–Kier alpha value is -3.19. The molecule has 7 nitrogen and oxygen atoms in total. The van der Waals surface area contributed by atoms with Crippen molar-refractivity contribution >= 4 is 23.4 Å². The summed E-state index contributed by atoms with van der Waals surface area (Å²) in [4.78, 5) is 31.8. The molecular weight excluding hydrogens is 452 g/mol. The van der Waals surface area contributed by atoms with Crippen LogP contribution >= 0.6 is 11.6 Å². The highest BCUT2D eigenvalue weighted by atomic mass is 35.5. The van der Waals surface area contributed by atoms with E-state index in [1.165, 1.54) is 0 Å². The number of aromatic nitrogens is 2. The van der Waals surface area contributed by atoms with E-state index in [0.717, 1.165) is 30.4 Å². The summed E-state index contributed by atoms with van der Waals surface area (Å²) >= 11 is 5.91. The average Bonchev–Trinajstić information content (AvgIpc) is 3.34. The molecule has 3 aromatic rings. The molecule has 1 aliphatic rings. The van der Waals surface area contributed by atoms with Crippen LogP contribution in [0.15, 0.2) is 59.1 Å². The van der Waals surface area contributed by atoms with E-state index in [-0.39, 0.29) is 30.2 Å². The van der Waals surface area contributed by atoms with Crippen LogP contribution in [-0.2, 0) is 16.0 Å². The number of likely N-dealkylation sites (tertiary alicyclic amines) is 1. The van der Waals surface area contributed by atoms with E-state index >= 15 is 0 Å². The monoisotopic (exact) mass is 480 g/mol. The smallest absolute Gasteiger partial charge is 0.230 e. The molecule has 0 bridgehead atoms. The number of nitrogens with zero attached hydrogens (tertiary/aromatic N) is 3. The van der Waals surface area contributed by atoms with Gasteiger partial charge in [0.1, 0.15) is 0 Å². The molecule has 8 heteroatoms. The zero-order valence-corrected chi connectivity index (χ0v) is 20.0. The molecule has 0 radical (unpaired) electrons. The van der Waals surface area contributed by atoms with Crippen molar-refractivity contribution in [3.63, 3.8) is 0 Å². The van der Waals surface area contributed by atoms with Gasteiger partial charge in [0, 0.05) is 42.6 Å². The van der Waals surface area contributed by atoms with Crippen molar-refractivity contribution < 1.29 is 14.1 Å². The second kappa shape index (κ2) is 11.3. The number of aryl methyl sites for hydroxylation is 1. The number of halogens is 1. The molecule has 2 aromatic carbocycles. The predicted octanol–water partition coefficient (Wildman–Crippen LogP) is 4.62. The van der Waals surface area contributed by atoms with Crippen molar-refractivity contribution in [2.75, 3.05) is 13.1 Å². The summed E-state index contributed by atoms with van der Waals surface area (Å²) < 4.78 is 5.28. The van der Waals surface area contributed by atoms with Gasteiger partial charge in [0.05, 0.1) is 5.92 Å². The van der Waals surface area contributed by atoms with Crippen molar-refractivity contribution in [2.24, 2.45) is 0 Å². The summed E-state index contributed by atoms with van der Waals surface area (Å²) in [6.07, 6.45) is 2.93. The third-order valence-electron chi connectivity index (χ3n) is 6.22. The van der Waals surface area contributed by atoms with Crippen LogP contribution in [0.3, 0.4) is 0 Å². The molecule has 4 rings (SSSR count). The largest absolute Gasteiger partial charge is 0.353 e. The lowest BCUT2D eigenvalue weighted by Gasteiger charge is -2.34. The fourth-order valence-corrected chi connectivity index (χ4v) is 4.42. The van der Waals surface area contributed by atoms with Crippen molar-refractivity contribution in [1.82, 2.24) is 20.4 Å². The molecule has 0 saturated carbocycles. The van der Waals surface area contributed by atoms with E-state index in [4.69, 9.17) is 16.1 Å². The molecule has 0 spiro atoms. The van der Waals surface area contributed by atoms with Crippen LogP contribution in [0.2, 0.25) is 5.02 Å². The van der Waals surface area contributed by atoms with Gasteiger partial charge >= 0.3 is 0 Å². The van der Waals surface area contributed by atoms with E-state index in [1.807, 2.05) is 54.3 Å². The van der Waals surface area contributed by atoms with Gasteiger partial charge < -0.3 is 14.7 Å². The highest BCUT2D eigenvalue weighted by Gasteiger charge is 2.28. The Morgan fingerprint density at radius 2 is 1.82 bits per heavy atom. The third kappa shape index (κ3) is 6.03. The Morgan fingerprint density at radius 1 is 1.12 bits per heavy atom. The number of hydrogen-bond donors (Lipinski definition) is 1. The second-order valence-electron chi connectivity index (χ2n) is 8.56. The minimum Gasteiger partial charge on any atom is -0.353 e.